The van der Waals surface area contributed by atoms with Crippen molar-refractivity contribution >= 4 is 13.7 Å². The van der Waals surface area contributed by atoms with Gasteiger partial charge in [-0.15, -0.1) is 0 Å². The number of hydrogen-bond donors (Lipinski definition) is 3. The van der Waals surface area contributed by atoms with Crippen LogP contribution < -0.4 is 5.32 Å². The Bertz CT molecular complexity index is 1140. The summed E-state index contributed by atoms with van der Waals surface area (Å²) in [5.74, 6) is -0.183. The van der Waals surface area contributed by atoms with Crippen LogP contribution in [-0.4, -0.2) is 73.4 Å². The van der Waals surface area contributed by atoms with Crippen LogP contribution >= 0.6 is 7.82 Å². The van der Waals surface area contributed by atoms with Crippen LogP contribution in [-0.2, 0) is 18.4 Å². The molecule has 0 aliphatic rings. The highest BCUT2D eigenvalue weighted by molar-refractivity contribution is 7.47. The third-order valence-electron chi connectivity index (χ3n) is 13.4. The Morgan fingerprint density at radius 3 is 1.15 bits per heavy atom. The van der Waals surface area contributed by atoms with Gasteiger partial charge in [-0.3, -0.25) is 13.8 Å². The number of allylic oxidation sites excluding steroid dienone is 3. The monoisotopic (exact) mass is 968 g/mol. The zero-order chi connectivity index (χ0) is 49.2. The second-order valence-corrected chi connectivity index (χ2v) is 22.8. The van der Waals surface area contributed by atoms with E-state index in [2.05, 4.69) is 31.3 Å². The van der Waals surface area contributed by atoms with Gasteiger partial charge >= 0.3 is 7.82 Å². The van der Waals surface area contributed by atoms with Gasteiger partial charge in [0, 0.05) is 6.42 Å². The first-order chi connectivity index (χ1) is 32.5. The number of unbranched alkanes of at least 4 members (excludes halogenated alkanes) is 39. The van der Waals surface area contributed by atoms with E-state index in [4.69, 9.17) is 9.05 Å². The summed E-state index contributed by atoms with van der Waals surface area (Å²) in [4.78, 5) is 23.2. The van der Waals surface area contributed by atoms with E-state index in [0.29, 0.717) is 17.4 Å². The number of carbonyl (C=O) groups excluding carboxylic acids is 1. The van der Waals surface area contributed by atoms with E-state index in [1.165, 1.54) is 218 Å². The standard InChI is InChI=1S/C58H115N2O6P/c1-6-8-10-12-14-16-18-20-22-23-24-25-26-27-28-29-30-31-32-33-34-35-36-37-38-39-41-43-45-47-49-51-57(61)56(55-66-67(63,64)65-54-53-60(3,4)5)59-58(62)52-50-48-46-44-42-40-21-19-17-15-13-11-9-7-2/h19,21,49,51,56-57,61H,6-18,20,22-48,50,52-55H2,1-5H3,(H-,59,62,63,64)/p+1/b21-19-,51-49+. The van der Waals surface area contributed by atoms with Crippen LogP contribution in [0.15, 0.2) is 24.3 Å². The lowest BCUT2D eigenvalue weighted by molar-refractivity contribution is -0.870. The fraction of sp³-hybridized carbons (Fsp3) is 0.914. The van der Waals surface area contributed by atoms with Gasteiger partial charge in [-0.05, 0) is 44.9 Å². The van der Waals surface area contributed by atoms with Crippen molar-refractivity contribution in [3.63, 3.8) is 0 Å². The van der Waals surface area contributed by atoms with Crippen molar-refractivity contribution in [1.29, 1.82) is 0 Å². The first kappa shape index (κ1) is 66.0. The van der Waals surface area contributed by atoms with E-state index in [9.17, 15) is 19.4 Å². The second kappa shape index (κ2) is 49.9. The lowest BCUT2D eigenvalue weighted by Crippen LogP contribution is -2.45. The molecule has 0 bridgehead atoms. The molecule has 0 spiro atoms. The molecular formula is C58H116N2O6P+. The first-order valence-corrected chi connectivity index (χ1v) is 30.7. The van der Waals surface area contributed by atoms with Crippen LogP contribution in [0.4, 0.5) is 0 Å². The van der Waals surface area contributed by atoms with Crippen LogP contribution in [0.25, 0.3) is 0 Å². The zero-order valence-corrected chi connectivity index (χ0v) is 46.3. The minimum atomic E-state index is -4.34. The van der Waals surface area contributed by atoms with E-state index < -0.39 is 20.0 Å². The van der Waals surface area contributed by atoms with E-state index in [-0.39, 0.29) is 19.1 Å². The van der Waals surface area contributed by atoms with Gasteiger partial charge in [-0.1, -0.05) is 263 Å². The molecule has 0 aromatic carbocycles. The van der Waals surface area contributed by atoms with Gasteiger partial charge in [0.15, 0.2) is 0 Å². The summed E-state index contributed by atoms with van der Waals surface area (Å²) in [7, 11) is 1.58. The number of phosphoric acid groups is 1. The van der Waals surface area contributed by atoms with Crippen molar-refractivity contribution < 1.29 is 32.9 Å². The van der Waals surface area contributed by atoms with Crippen LogP contribution in [0, 0.1) is 0 Å². The number of aliphatic hydroxyl groups excluding tert-OH is 1. The number of phosphoric ester groups is 1. The maximum atomic E-state index is 12.9. The Balaban J connectivity index is 4.07. The Labute approximate surface area is 417 Å². The van der Waals surface area contributed by atoms with Gasteiger partial charge in [0.1, 0.15) is 13.2 Å². The lowest BCUT2D eigenvalue weighted by Gasteiger charge is -2.25. The number of rotatable bonds is 54. The molecule has 8 nitrogen and oxygen atoms in total. The van der Waals surface area contributed by atoms with Crippen molar-refractivity contribution in [2.75, 3.05) is 40.9 Å². The van der Waals surface area contributed by atoms with E-state index in [1.807, 2.05) is 27.2 Å². The van der Waals surface area contributed by atoms with Crippen molar-refractivity contribution in [3.05, 3.63) is 24.3 Å². The number of aliphatic hydroxyl groups is 1. The maximum Gasteiger partial charge on any atom is 0.472 e. The SMILES string of the molecule is CCCCCCC/C=C\CCCCCCCC(=O)NC(COP(=O)(O)OCC[N+](C)(C)C)C(O)/C=C/CCCCCCCCCCCCCCCCCCCCCCCCCCCCCCC. The Morgan fingerprint density at radius 1 is 0.493 bits per heavy atom. The Kier molecular flexibility index (Phi) is 49.2. The molecule has 0 aliphatic carbocycles. The van der Waals surface area contributed by atoms with Crippen LogP contribution in [0.2, 0.25) is 0 Å². The number of hydrogen-bond acceptors (Lipinski definition) is 5. The second-order valence-electron chi connectivity index (χ2n) is 21.4. The van der Waals surface area contributed by atoms with Crippen molar-refractivity contribution in [1.82, 2.24) is 5.32 Å². The average molecular weight is 969 g/mol. The summed E-state index contributed by atoms with van der Waals surface area (Å²) in [6.45, 7) is 4.83. The molecule has 0 aliphatic heterocycles. The molecule has 0 aromatic heterocycles. The molecule has 0 saturated heterocycles. The van der Waals surface area contributed by atoms with Gasteiger partial charge in [0.05, 0.1) is 39.9 Å². The smallest absolute Gasteiger partial charge is 0.387 e. The van der Waals surface area contributed by atoms with Gasteiger partial charge in [-0.25, -0.2) is 4.57 Å². The van der Waals surface area contributed by atoms with E-state index in [1.54, 1.807) is 6.08 Å². The largest absolute Gasteiger partial charge is 0.472 e. The average Bonchev–Trinajstić information content (AvgIpc) is 3.29. The third kappa shape index (κ3) is 52.6. The highest BCUT2D eigenvalue weighted by atomic mass is 31.2. The topological polar surface area (TPSA) is 105 Å². The number of carbonyl (C=O) groups is 1. The predicted molar refractivity (Wildman–Crippen MR) is 291 cm³/mol. The number of nitrogens with zero attached hydrogens (tertiary/aromatic N) is 1. The van der Waals surface area contributed by atoms with Crippen LogP contribution in [0.3, 0.4) is 0 Å². The maximum absolute atomic E-state index is 12.9. The molecule has 0 fully saturated rings. The van der Waals surface area contributed by atoms with Crippen LogP contribution in [0.1, 0.15) is 290 Å². The molecule has 0 radical (unpaired) electrons. The van der Waals surface area contributed by atoms with E-state index >= 15 is 0 Å². The molecule has 3 unspecified atom stereocenters. The molecule has 1 amide bonds. The number of nitrogens with one attached hydrogen (secondary N) is 1. The fourth-order valence-corrected chi connectivity index (χ4v) is 9.54. The Hall–Kier alpha value is -1.02. The summed E-state index contributed by atoms with van der Waals surface area (Å²) < 4.78 is 23.7. The molecule has 9 heteroatoms. The molecule has 67 heavy (non-hydrogen) atoms. The fourth-order valence-electron chi connectivity index (χ4n) is 8.80. The quantitative estimate of drug-likeness (QED) is 0.0243. The third-order valence-corrected chi connectivity index (χ3v) is 14.4. The van der Waals surface area contributed by atoms with Crippen molar-refractivity contribution in [3.8, 4) is 0 Å². The summed E-state index contributed by atoms with van der Waals surface area (Å²) in [6, 6.07) is -0.849. The lowest BCUT2D eigenvalue weighted by atomic mass is 10.0. The highest BCUT2D eigenvalue weighted by Gasteiger charge is 2.27. The predicted octanol–water partition coefficient (Wildman–Crippen LogP) is 17.6. The molecule has 0 heterocycles. The normalized spacial score (nSPS) is 14.1. The molecule has 0 saturated carbocycles. The zero-order valence-electron chi connectivity index (χ0n) is 45.4. The molecule has 0 rings (SSSR count). The number of quaternary nitrogens is 1. The van der Waals surface area contributed by atoms with E-state index in [0.717, 1.165) is 51.4 Å². The summed E-state index contributed by atoms with van der Waals surface area (Å²) in [5, 5.41) is 13.9. The van der Waals surface area contributed by atoms with Gasteiger partial charge < -0.3 is 19.8 Å². The highest BCUT2D eigenvalue weighted by Crippen LogP contribution is 2.43. The van der Waals surface area contributed by atoms with Crippen molar-refractivity contribution in [2.24, 2.45) is 0 Å². The number of amides is 1. The molecule has 3 N–H and O–H groups in total. The molecular weight excluding hydrogens is 852 g/mol. The van der Waals surface area contributed by atoms with Gasteiger partial charge in [0.25, 0.3) is 0 Å². The summed E-state index contributed by atoms with van der Waals surface area (Å²) >= 11 is 0. The number of likely N-dealkylation sites (N-methyl/N-ethyl adjacent to an activating group) is 1. The summed E-state index contributed by atoms with van der Waals surface area (Å²) in [5.41, 5.74) is 0. The molecule has 398 valence electrons. The molecule has 0 aromatic rings. The van der Waals surface area contributed by atoms with Gasteiger partial charge in [0.2, 0.25) is 5.91 Å². The first-order valence-electron chi connectivity index (χ1n) is 29.2. The Morgan fingerprint density at radius 2 is 0.806 bits per heavy atom. The van der Waals surface area contributed by atoms with Crippen LogP contribution in [0.5, 0.6) is 0 Å². The van der Waals surface area contributed by atoms with Gasteiger partial charge in [-0.2, -0.15) is 0 Å². The minimum absolute atomic E-state index is 0.0614. The molecule has 3 atom stereocenters. The summed E-state index contributed by atoms with van der Waals surface area (Å²) in [6.07, 6.45) is 62.9. The minimum Gasteiger partial charge on any atom is -0.387 e. The van der Waals surface area contributed by atoms with Crippen molar-refractivity contribution in [2.45, 2.75) is 302 Å².